The Kier molecular flexibility index (Phi) is 6.83. The number of aromatic nitrogens is 1. The molecule has 3 aromatic rings. The highest BCUT2D eigenvalue weighted by molar-refractivity contribution is 5.95. The molecule has 30 heavy (non-hydrogen) atoms. The third-order valence-corrected chi connectivity index (χ3v) is 5.17. The second kappa shape index (κ2) is 9.53. The summed E-state index contributed by atoms with van der Waals surface area (Å²) >= 11 is 0. The van der Waals surface area contributed by atoms with E-state index in [1.165, 1.54) is 11.1 Å². The molecule has 0 unspecified atom stereocenters. The lowest BCUT2D eigenvalue weighted by molar-refractivity contribution is 0.0685. The van der Waals surface area contributed by atoms with E-state index in [9.17, 15) is 4.79 Å². The average Bonchev–Trinajstić information content (AvgIpc) is 3.17. The summed E-state index contributed by atoms with van der Waals surface area (Å²) in [5.41, 5.74) is 4.13. The van der Waals surface area contributed by atoms with Crippen molar-refractivity contribution < 1.29 is 14.3 Å². The Labute approximate surface area is 178 Å². The van der Waals surface area contributed by atoms with Gasteiger partial charge < -0.3 is 18.9 Å². The number of methoxy groups -OCH3 is 2. The van der Waals surface area contributed by atoms with Crippen LogP contribution in [0.25, 0.3) is 0 Å². The fraction of sp³-hybridized carbons (Fsp3) is 0.320. The molecule has 2 aromatic carbocycles. The van der Waals surface area contributed by atoms with E-state index in [1.54, 1.807) is 32.4 Å². The highest BCUT2D eigenvalue weighted by atomic mass is 16.5. The fourth-order valence-electron chi connectivity index (χ4n) is 3.51. The molecule has 0 spiro atoms. The quantitative estimate of drug-likeness (QED) is 0.534. The lowest BCUT2D eigenvalue weighted by Crippen LogP contribution is -2.37. The number of carbonyl (C=O) groups excluding carboxylic acids is 1. The monoisotopic (exact) mass is 406 g/mol. The predicted molar refractivity (Wildman–Crippen MR) is 119 cm³/mol. The first kappa shape index (κ1) is 21.5. The number of nitrogens with zero attached hydrogens (tertiary/aromatic N) is 2. The molecule has 0 radical (unpaired) electrons. The van der Waals surface area contributed by atoms with E-state index in [4.69, 9.17) is 9.47 Å². The molecule has 158 valence electrons. The number of rotatable bonds is 8. The second-order valence-electron chi connectivity index (χ2n) is 7.74. The van der Waals surface area contributed by atoms with Gasteiger partial charge in [-0.3, -0.25) is 4.79 Å². The highest BCUT2D eigenvalue weighted by Gasteiger charge is 2.22. The Hall–Kier alpha value is -3.21. The summed E-state index contributed by atoms with van der Waals surface area (Å²) in [5, 5.41) is 0. The molecule has 0 aliphatic rings. The van der Waals surface area contributed by atoms with E-state index in [0.29, 0.717) is 23.6 Å². The Morgan fingerprint density at radius 2 is 1.70 bits per heavy atom. The largest absolute Gasteiger partial charge is 0.497 e. The first-order valence-corrected chi connectivity index (χ1v) is 10.1. The number of hydrogen-bond donors (Lipinski definition) is 0. The number of benzene rings is 2. The number of aryl methyl sites for hydroxylation is 1. The maximum absolute atomic E-state index is 13.4. The van der Waals surface area contributed by atoms with Crippen LogP contribution in [0.3, 0.4) is 0 Å². The van der Waals surface area contributed by atoms with Crippen LogP contribution in [0.15, 0.2) is 60.8 Å². The number of amides is 1. The molecule has 1 aromatic heterocycles. The molecule has 1 heterocycles. The Balaban J connectivity index is 1.85. The van der Waals surface area contributed by atoms with Crippen molar-refractivity contribution in [2.45, 2.75) is 39.9 Å². The minimum Gasteiger partial charge on any atom is -0.497 e. The van der Waals surface area contributed by atoms with E-state index in [0.717, 1.165) is 12.2 Å². The third-order valence-electron chi connectivity index (χ3n) is 5.17. The Morgan fingerprint density at radius 1 is 1.00 bits per heavy atom. The van der Waals surface area contributed by atoms with Gasteiger partial charge in [0.2, 0.25) is 0 Å². The van der Waals surface area contributed by atoms with Gasteiger partial charge in [-0.05, 0) is 50.6 Å². The van der Waals surface area contributed by atoms with Crippen molar-refractivity contribution >= 4 is 5.91 Å². The first-order valence-electron chi connectivity index (χ1n) is 10.1. The van der Waals surface area contributed by atoms with Crippen LogP contribution >= 0.6 is 0 Å². The molecule has 0 bridgehead atoms. The van der Waals surface area contributed by atoms with Gasteiger partial charge in [0.1, 0.15) is 11.5 Å². The van der Waals surface area contributed by atoms with Crippen molar-refractivity contribution in [3.8, 4) is 11.5 Å². The maximum atomic E-state index is 13.4. The van der Waals surface area contributed by atoms with Gasteiger partial charge in [0.25, 0.3) is 5.91 Å². The molecule has 1 amide bonds. The maximum Gasteiger partial charge on any atom is 0.254 e. The van der Waals surface area contributed by atoms with Gasteiger partial charge in [-0.1, -0.05) is 29.8 Å². The molecule has 5 heteroatoms. The van der Waals surface area contributed by atoms with Crippen molar-refractivity contribution in [3.05, 3.63) is 83.2 Å². The summed E-state index contributed by atoms with van der Waals surface area (Å²) in [7, 11) is 3.17. The summed E-state index contributed by atoms with van der Waals surface area (Å²) in [6.07, 6.45) is 2.06. The second-order valence-corrected chi connectivity index (χ2v) is 7.74. The molecule has 0 aliphatic carbocycles. The van der Waals surface area contributed by atoms with E-state index >= 15 is 0 Å². The summed E-state index contributed by atoms with van der Waals surface area (Å²) in [6, 6.07) is 17.9. The topological polar surface area (TPSA) is 43.7 Å². The van der Waals surface area contributed by atoms with Crippen LogP contribution < -0.4 is 9.47 Å². The number of hydrogen-bond acceptors (Lipinski definition) is 3. The zero-order valence-corrected chi connectivity index (χ0v) is 18.4. The van der Waals surface area contributed by atoms with Crippen LogP contribution in [0.1, 0.15) is 41.0 Å². The molecule has 0 saturated heterocycles. The molecule has 0 saturated carbocycles. The summed E-state index contributed by atoms with van der Waals surface area (Å²) in [5.74, 6) is 1.15. The van der Waals surface area contributed by atoms with Crippen molar-refractivity contribution in [2.24, 2.45) is 0 Å². The molecule has 0 fully saturated rings. The van der Waals surface area contributed by atoms with Crippen LogP contribution in [0, 0.1) is 6.92 Å². The van der Waals surface area contributed by atoms with Gasteiger partial charge in [-0.2, -0.15) is 0 Å². The lowest BCUT2D eigenvalue weighted by Gasteiger charge is -2.28. The molecule has 5 nitrogen and oxygen atoms in total. The van der Waals surface area contributed by atoms with Crippen molar-refractivity contribution in [1.29, 1.82) is 0 Å². The van der Waals surface area contributed by atoms with Crippen molar-refractivity contribution in [3.63, 3.8) is 0 Å². The Bertz CT molecular complexity index is 985. The Morgan fingerprint density at radius 3 is 2.30 bits per heavy atom. The lowest BCUT2D eigenvalue weighted by atomic mass is 10.1. The highest BCUT2D eigenvalue weighted by Crippen LogP contribution is 2.25. The van der Waals surface area contributed by atoms with Gasteiger partial charge in [-0.25, -0.2) is 0 Å². The SMILES string of the molecule is COc1cc(OC)cc(C(=O)N(Cc2cccn2Cc2cccc(C)c2)C(C)C)c1. The average molecular weight is 407 g/mol. The van der Waals surface area contributed by atoms with E-state index in [1.807, 2.05) is 24.8 Å². The van der Waals surface area contributed by atoms with E-state index in [-0.39, 0.29) is 11.9 Å². The van der Waals surface area contributed by atoms with E-state index < -0.39 is 0 Å². The van der Waals surface area contributed by atoms with Crippen LogP contribution in [0.2, 0.25) is 0 Å². The zero-order chi connectivity index (χ0) is 21.7. The molecular weight excluding hydrogens is 376 g/mol. The third kappa shape index (κ3) is 5.03. The van der Waals surface area contributed by atoms with Crippen LogP contribution in [0.4, 0.5) is 0 Å². The zero-order valence-electron chi connectivity index (χ0n) is 18.4. The predicted octanol–water partition coefficient (Wildman–Crippen LogP) is 4.91. The smallest absolute Gasteiger partial charge is 0.254 e. The van der Waals surface area contributed by atoms with Crippen LogP contribution in [-0.4, -0.2) is 35.6 Å². The minimum absolute atomic E-state index is 0.0389. The molecular formula is C25H30N2O3. The summed E-state index contributed by atoms with van der Waals surface area (Å²) in [4.78, 5) is 15.2. The van der Waals surface area contributed by atoms with Crippen molar-refractivity contribution in [2.75, 3.05) is 14.2 Å². The van der Waals surface area contributed by atoms with Crippen molar-refractivity contribution in [1.82, 2.24) is 9.47 Å². The molecule has 0 N–H and O–H groups in total. The van der Waals surface area contributed by atoms with Gasteiger partial charge >= 0.3 is 0 Å². The fourth-order valence-corrected chi connectivity index (χ4v) is 3.51. The molecule has 3 rings (SSSR count). The minimum atomic E-state index is -0.0505. The van der Waals surface area contributed by atoms with E-state index in [2.05, 4.69) is 48.0 Å². The van der Waals surface area contributed by atoms with Gasteiger partial charge in [-0.15, -0.1) is 0 Å². The van der Waals surface area contributed by atoms with Crippen LogP contribution in [0.5, 0.6) is 11.5 Å². The van der Waals surface area contributed by atoms with Gasteiger partial charge in [0, 0.05) is 36.1 Å². The number of carbonyl (C=O) groups is 1. The normalized spacial score (nSPS) is 10.9. The summed E-state index contributed by atoms with van der Waals surface area (Å²) < 4.78 is 12.9. The first-order chi connectivity index (χ1) is 14.4. The van der Waals surface area contributed by atoms with Gasteiger partial charge in [0.15, 0.2) is 0 Å². The van der Waals surface area contributed by atoms with Crippen LogP contribution in [-0.2, 0) is 13.1 Å². The number of ether oxygens (including phenoxy) is 2. The van der Waals surface area contributed by atoms with Gasteiger partial charge in [0.05, 0.1) is 20.8 Å². The summed E-state index contributed by atoms with van der Waals surface area (Å²) in [6.45, 7) is 7.46. The molecule has 0 aliphatic heterocycles. The standard InChI is InChI=1S/C25H30N2O3/c1-18(2)27(25(28)21-13-23(29-4)15-24(14-21)30-5)17-22-10-7-11-26(22)16-20-9-6-8-19(3)12-20/h6-15,18H,16-17H2,1-5H3. The molecule has 0 atom stereocenters.